The highest BCUT2D eigenvalue weighted by Crippen LogP contribution is 2.16. The first kappa shape index (κ1) is 66.4. The van der Waals surface area contributed by atoms with Gasteiger partial charge in [0.15, 0.2) is 6.10 Å². The van der Waals surface area contributed by atoms with E-state index in [-0.39, 0.29) is 31.1 Å². The zero-order valence-corrected chi connectivity index (χ0v) is 46.1. The van der Waals surface area contributed by atoms with Crippen molar-refractivity contribution in [2.45, 2.75) is 322 Å². The quantitative estimate of drug-likeness (QED) is 0.0262. The van der Waals surface area contributed by atoms with E-state index in [1.807, 2.05) is 0 Å². The lowest BCUT2D eigenvalue weighted by molar-refractivity contribution is -0.167. The second kappa shape index (κ2) is 57.9. The normalized spacial score (nSPS) is 12.3. The van der Waals surface area contributed by atoms with E-state index in [0.717, 1.165) is 77.0 Å². The zero-order valence-electron chi connectivity index (χ0n) is 46.1. The van der Waals surface area contributed by atoms with Gasteiger partial charge in [-0.25, -0.2) is 0 Å². The van der Waals surface area contributed by atoms with Crippen LogP contribution in [0.5, 0.6) is 0 Å². The molecule has 0 amide bonds. The molecule has 0 aliphatic rings. The van der Waals surface area contributed by atoms with E-state index in [2.05, 4.69) is 69.4 Å². The van der Waals surface area contributed by atoms with Crippen LogP contribution in [0, 0.1) is 0 Å². The van der Waals surface area contributed by atoms with E-state index in [9.17, 15) is 14.4 Å². The van der Waals surface area contributed by atoms with Crippen LogP contribution in [-0.4, -0.2) is 37.2 Å². The molecule has 0 radical (unpaired) electrons. The molecule has 6 nitrogen and oxygen atoms in total. The summed E-state index contributed by atoms with van der Waals surface area (Å²) in [4.78, 5) is 38.2. The average Bonchev–Trinajstić information content (AvgIpc) is 3.35. The van der Waals surface area contributed by atoms with E-state index in [1.165, 1.54) is 199 Å². The Balaban J connectivity index is 4.38. The molecule has 1 atom stereocenters. The molecule has 0 aliphatic heterocycles. The Kier molecular flexibility index (Phi) is 55.7. The summed E-state index contributed by atoms with van der Waals surface area (Å²) in [5.41, 5.74) is 0. The molecule has 0 saturated heterocycles. The summed E-state index contributed by atoms with van der Waals surface area (Å²) in [7, 11) is 0. The van der Waals surface area contributed by atoms with E-state index in [4.69, 9.17) is 14.2 Å². The van der Waals surface area contributed by atoms with Gasteiger partial charge in [0.25, 0.3) is 0 Å². The molecule has 0 fully saturated rings. The van der Waals surface area contributed by atoms with Gasteiger partial charge in [0.1, 0.15) is 13.2 Å². The van der Waals surface area contributed by atoms with Crippen LogP contribution in [0.15, 0.2) is 48.6 Å². The molecular weight excluding hydrogens is 853 g/mol. The fraction of sp³-hybridized carbons (Fsp3) is 0.825. The van der Waals surface area contributed by atoms with E-state index < -0.39 is 6.10 Å². The second-order valence-electron chi connectivity index (χ2n) is 20.2. The van der Waals surface area contributed by atoms with E-state index >= 15 is 0 Å². The van der Waals surface area contributed by atoms with E-state index in [0.29, 0.717) is 19.3 Å². The summed E-state index contributed by atoms with van der Waals surface area (Å²) in [6.45, 7) is 6.63. The molecule has 402 valence electrons. The third kappa shape index (κ3) is 56.2. The van der Waals surface area contributed by atoms with Crippen LogP contribution < -0.4 is 0 Å². The first-order chi connectivity index (χ1) is 34.0. The van der Waals surface area contributed by atoms with Gasteiger partial charge in [-0.3, -0.25) is 14.4 Å². The van der Waals surface area contributed by atoms with E-state index in [1.54, 1.807) is 0 Å². The van der Waals surface area contributed by atoms with Gasteiger partial charge < -0.3 is 14.2 Å². The molecule has 0 aromatic rings. The minimum absolute atomic E-state index is 0.0796. The van der Waals surface area contributed by atoms with Crippen molar-refractivity contribution < 1.29 is 28.6 Å². The van der Waals surface area contributed by atoms with Crippen LogP contribution in [0.4, 0.5) is 0 Å². The molecule has 0 spiro atoms. The zero-order chi connectivity index (χ0) is 50.0. The number of carbonyl (C=O) groups is 3. The predicted octanol–water partition coefficient (Wildman–Crippen LogP) is 20.2. The van der Waals surface area contributed by atoms with Crippen molar-refractivity contribution >= 4 is 17.9 Å². The van der Waals surface area contributed by atoms with Gasteiger partial charge in [-0.05, 0) is 103 Å². The van der Waals surface area contributed by atoms with Crippen molar-refractivity contribution in [1.82, 2.24) is 0 Å². The minimum atomic E-state index is -0.782. The monoisotopic (exact) mass is 967 g/mol. The Hall–Kier alpha value is -2.63. The number of allylic oxidation sites excluding steroid dienone is 8. The molecule has 1 unspecified atom stereocenters. The summed E-state index contributed by atoms with van der Waals surface area (Å²) in [5, 5.41) is 0. The molecule has 0 saturated carbocycles. The number of unbranched alkanes of at least 4 members (excludes halogenated alkanes) is 36. The number of hydrogen-bond acceptors (Lipinski definition) is 6. The Morgan fingerprint density at radius 3 is 0.841 bits per heavy atom. The van der Waals surface area contributed by atoms with Crippen LogP contribution in [-0.2, 0) is 28.6 Å². The van der Waals surface area contributed by atoms with Crippen molar-refractivity contribution in [2.24, 2.45) is 0 Å². The Morgan fingerprint density at radius 1 is 0.290 bits per heavy atom. The summed E-state index contributed by atoms with van der Waals surface area (Å²) < 4.78 is 16.9. The van der Waals surface area contributed by atoms with Crippen molar-refractivity contribution in [3.05, 3.63) is 48.6 Å². The van der Waals surface area contributed by atoms with Crippen molar-refractivity contribution in [3.8, 4) is 0 Å². The SMILES string of the molecule is CCCCC/C=C\C/C=C\CCCCCCCCCC(=O)OC(COC(=O)CCCCCCC/C=C\CCCCCCCCC)COC(=O)CCCCCCCCC/C=C\CCCCCCCCC. The molecule has 0 heterocycles. The molecule has 6 heteroatoms. The third-order valence-electron chi connectivity index (χ3n) is 13.3. The second-order valence-corrected chi connectivity index (χ2v) is 20.2. The Morgan fingerprint density at radius 2 is 0.522 bits per heavy atom. The summed E-state index contributed by atoms with van der Waals surface area (Å²) in [6.07, 6.45) is 71.0. The highest BCUT2D eigenvalue weighted by Gasteiger charge is 2.19. The van der Waals surface area contributed by atoms with Crippen molar-refractivity contribution in [1.29, 1.82) is 0 Å². The Bertz CT molecular complexity index is 1200. The highest BCUT2D eigenvalue weighted by molar-refractivity contribution is 5.71. The maximum absolute atomic E-state index is 12.9. The van der Waals surface area contributed by atoms with Gasteiger partial charge in [-0.2, -0.15) is 0 Å². The predicted molar refractivity (Wildman–Crippen MR) is 298 cm³/mol. The maximum Gasteiger partial charge on any atom is 0.306 e. The molecule has 0 rings (SSSR count). The number of ether oxygens (including phenoxy) is 3. The Labute approximate surface area is 428 Å². The molecule has 0 bridgehead atoms. The number of esters is 3. The first-order valence-corrected chi connectivity index (χ1v) is 30.1. The summed E-state index contributed by atoms with van der Waals surface area (Å²) in [6, 6.07) is 0. The van der Waals surface area contributed by atoms with Crippen molar-refractivity contribution in [2.75, 3.05) is 13.2 Å². The molecular formula is C63H114O6. The van der Waals surface area contributed by atoms with Crippen LogP contribution in [0.1, 0.15) is 316 Å². The summed E-state index contributed by atoms with van der Waals surface area (Å²) in [5.74, 6) is -0.884. The molecule has 69 heavy (non-hydrogen) atoms. The number of rotatable bonds is 55. The van der Waals surface area contributed by atoms with Gasteiger partial charge in [0.05, 0.1) is 0 Å². The van der Waals surface area contributed by atoms with Gasteiger partial charge in [0.2, 0.25) is 0 Å². The molecule has 0 aliphatic carbocycles. The fourth-order valence-corrected chi connectivity index (χ4v) is 8.70. The molecule has 0 N–H and O–H groups in total. The van der Waals surface area contributed by atoms with Crippen LogP contribution in [0.2, 0.25) is 0 Å². The first-order valence-electron chi connectivity index (χ1n) is 30.1. The fourth-order valence-electron chi connectivity index (χ4n) is 8.70. The van der Waals surface area contributed by atoms with Crippen LogP contribution >= 0.6 is 0 Å². The van der Waals surface area contributed by atoms with Crippen LogP contribution in [0.25, 0.3) is 0 Å². The molecule has 0 aromatic heterocycles. The molecule has 0 aromatic carbocycles. The maximum atomic E-state index is 12.9. The number of hydrogen-bond donors (Lipinski definition) is 0. The topological polar surface area (TPSA) is 78.9 Å². The lowest BCUT2D eigenvalue weighted by atomic mass is 10.1. The minimum Gasteiger partial charge on any atom is -0.462 e. The van der Waals surface area contributed by atoms with Gasteiger partial charge in [-0.1, -0.05) is 243 Å². The smallest absolute Gasteiger partial charge is 0.306 e. The standard InChI is InChI=1S/C63H114O6/c1-4-7-10-13-16-19-22-25-28-31-33-35-38-41-44-47-50-53-56-62(65)68-59-60(58-67-61(64)55-52-49-46-43-40-37-34-30-27-24-21-18-15-12-9-6-3)69-63(66)57-54-51-48-45-42-39-36-32-29-26-23-20-17-14-11-8-5-2/h17,20,26,28-31,34,60H,4-16,18-19,21-25,27,32-33,35-59H2,1-3H3/b20-17-,29-26-,31-28-,34-30-. The highest BCUT2D eigenvalue weighted by atomic mass is 16.6. The van der Waals surface area contributed by atoms with Crippen molar-refractivity contribution in [3.63, 3.8) is 0 Å². The lowest BCUT2D eigenvalue weighted by Gasteiger charge is -2.18. The lowest BCUT2D eigenvalue weighted by Crippen LogP contribution is -2.30. The van der Waals surface area contributed by atoms with Gasteiger partial charge in [-0.15, -0.1) is 0 Å². The summed E-state index contributed by atoms with van der Waals surface area (Å²) >= 11 is 0. The van der Waals surface area contributed by atoms with Gasteiger partial charge >= 0.3 is 17.9 Å². The number of carbonyl (C=O) groups excluding carboxylic acids is 3. The van der Waals surface area contributed by atoms with Crippen LogP contribution in [0.3, 0.4) is 0 Å². The largest absolute Gasteiger partial charge is 0.462 e. The average molecular weight is 968 g/mol. The van der Waals surface area contributed by atoms with Gasteiger partial charge in [0, 0.05) is 19.3 Å². The third-order valence-corrected chi connectivity index (χ3v) is 13.3.